The van der Waals surface area contributed by atoms with Crippen LogP contribution >= 0.6 is 0 Å². The van der Waals surface area contributed by atoms with Crippen molar-refractivity contribution in [2.45, 2.75) is 46.5 Å². The standard InChI is InChI=1S/C21H25N3O2/c1-6-7-16(21(25)26)17-13(3)22-20-19(24(5)14(4)23-20)18(17)15-10-8-12(2)9-11-15/h8-11,16H,6-7H2,1-5H3,(H,25,26). The molecule has 1 atom stereocenters. The second kappa shape index (κ2) is 6.90. The first-order chi connectivity index (χ1) is 12.3. The van der Waals surface area contributed by atoms with Crippen LogP contribution < -0.4 is 0 Å². The van der Waals surface area contributed by atoms with Crippen LogP contribution in [0.25, 0.3) is 22.3 Å². The molecule has 1 N–H and O–H groups in total. The molecule has 0 aliphatic rings. The molecule has 0 saturated carbocycles. The third-order valence-corrected chi connectivity index (χ3v) is 5.03. The third-order valence-electron chi connectivity index (χ3n) is 5.03. The molecule has 3 rings (SSSR count). The average Bonchev–Trinajstić information content (AvgIpc) is 2.86. The summed E-state index contributed by atoms with van der Waals surface area (Å²) in [7, 11) is 1.96. The first-order valence-electron chi connectivity index (χ1n) is 8.98. The van der Waals surface area contributed by atoms with Crippen LogP contribution in [0.2, 0.25) is 0 Å². The lowest BCUT2D eigenvalue weighted by Crippen LogP contribution is -2.15. The fourth-order valence-electron chi connectivity index (χ4n) is 3.60. The van der Waals surface area contributed by atoms with Crippen molar-refractivity contribution in [2.24, 2.45) is 7.05 Å². The molecule has 0 radical (unpaired) electrons. The molecule has 0 saturated heterocycles. The van der Waals surface area contributed by atoms with Crippen molar-refractivity contribution in [3.8, 4) is 11.1 Å². The number of aromatic nitrogens is 3. The van der Waals surface area contributed by atoms with E-state index < -0.39 is 11.9 Å². The van der Waals surface area contributed by atoms with E-state index in [0.717, 1.165) is 40.1 Å². The van der Waals surface area contributed by atoms with Gasteiger partial charge in [-0.25, -0.2) is 9.97 Å². The summed E-state index contributed by atoms with van der Waals surface area (Å²) in [5, 5.41) is 9.89. The van der Waals surface area contributed by atoms with E-state index in [2.05, 4.69) is 34.2 Å². The maximum absolute atomic E-state index is 12.1. The zero-order valence-electron chi connectivity index (χ0n) is 16.0. The number of aryl methyl sites for hydroxylation is 4. The quantitative estimate of drug-likeness (QED) is 0.733. The Morgan fingerprint density at radius 3 is 2.38 bits per heavy atom. The van der Waals surface area contributed by atoms with Gasteiger partial charge < -0.3 is 9.67 Å². The highest BCUT2D eigenvalue weighted by Gasteiger charge is 2.28. The van der Waals surface area contributed by atoms with Gasteiger partial charge in [-0.2, -0.15) is 0 Å². The zero-order valence-corrected chi connectivity index (χ0v) is 16.0. The van der Waals surface area contributed by atoms with Gasteiger partial charge in [0.15, 0.2) is 5.65 Å². The van der Waals surface area contributed by atoms with E-state index in [-0.39, 0.29) is 0 Å². The highest BCUT2D eigenvalue weighted by Crippen LogP contribution is 2.39. The summed E-state index contributed by atoms with van der Waals surface area (Å²) in [5.74, 6) is -0.522. The Labute approximate surface area is 153 Å². The SMILES string of the molecule is CCCC(C(=O)O)c1c(C)nc2nc(C)n(C)c2c1-c1ccc(C)cc1. The van der Waals surface area contributed by atoms with Crippen LogP contribution in [0.3, 0.4) is 0 Å². The molecule has 1 aromatic carbocycles. The van der Waals surface area contributed by atoms with Crippen LogP contribution in [0, 0.1) is 20.8 Å². The minimum Gasteiger partial charge on any atom is -0.481 e. The molecule has 1 unspecified atom stereocenters. The van der Waals surface area contributed by atoms with Gasteiger partial charge >= 0.3 is 5.97 Å². The Hall–Kier alpha value is -2.69. The average molecular weight is 351 g/mol. The van der Waals surface area contributed by atoms with Gasteiger partial charge in [0, 0.05) is 18.3 Å². The summed E-state index contributed by atoms with van der Waals surface area (Å²) < 4.78 is 2.01. The molecular formula is C21H25N3O2. The van der Waals surface area contributed by atoms with E-state index in [1.165, 1.54) is 5.56 Å². The fourth-order valence-corrected chi connectivity index (χ4v) is 3.60. The zero-order chi connectivity index (χ0) is 19.0. The minimum absolute atomic E-state index is 0.580. The molecule has 0 fully saturated rings. The van der Waals surface area contributed by atoms with Crippen molar-refractivity contribution in [2.75, 3.05) is 0 Å². The predicted molar refractivity (Wildman–Crippen MR) is 103 cm³/mol. The molecule has 0 aliphatic heterocycles. The summed E-state index contributed by atoms with van der Waals surface area (Å²) in [6, 6.07) is 8.22. The van der Waals surface area contributed by atoms with E-state index in [1.807, 2.05) is 39.3 Å². The molecule has 3 aromatic rings. The van der Waals surface area contributed by atoms with Crippen LogP contribution in [-0.2, 0) is 11.8 Å². The molecule has 0 aliphatic carbocycles. The number of pyridine rings is 1. The van der Waals surface area contributed by atoms with E-state index >= 15 is 0 Å². The highest BCUT2D eigenvalue weighted by molar-refractivity contribution is 5.95. The normalized spacial score (nSPS) is 12.5. The Balaban J connectivity index is 2.44. The summed E-state index contributed by atoms with van der Waals surface area (Å²) >= 11 is 0. The molecule has 136 valence electrons. The predicted octanol–water partition coefficient (Wildman–Crippen LogP) is 4.53. The van der Waals surface area contributed by atoms with Crippen molar-refractivity contribution in [1.82, 2.24) is 14.5 Å². The van der Waals surface area contributed by atoms with Crippen LogP contribution in [0.1, 0.15) is 48.3 Å². The number of hydrogen-bond donors (Lipinski definition) is 1. The lowest BCUT2D eigenvalue weighted by molar-refractivity contribution is -0.139. The molecule has 2 heterocycles. The second-order valence-corrected chi connectivity index (χ2v) is 6.92. The molecule has 0 spiro atoms. The second-order valence-electron chi connectivity index (χ2n) is 6.92. The molecule has 5 heteroatoms. The van der Waals surface area contributed by atoms with E-state index in [9.17, 15) is 9.90 Å². The molecular weight excluding hydrogens is 326 g/mol. The largest absolute Gasteiger partial charge is 0.481 e. The smallest absolute Gasteiger partial charge is 0.311 e. The number of carboxylic acids is 1. The number of carbonyl (C=O) groups is 1. The van der Waals surface area contributed by atoms with Gasteiger partial charge in [-0.15, -0.1) is 0 Å². The van der Waals surface area contributed by atoms with E-state index in [4.69, 9.17) is 0 Å². The number of fused-ring (bicyclic) bond motifs is 1. The Morgan fingerprint density at radius 2 is 1.81 bits per heavy atom. The lowest BCUT2D eigenvalue weighted by atomic mass is 9.86. The number of rotatable bonds is 5. The topological polar surface area (TPSA) is 68.0 Å². The number of carboxylic acid groups (broad SMARTS) is 1. The van der Waals surface area contributed by atoms with E-state index in [1.54, 1.807) is 0 Å². The minimum atomic E-state index is -0.802. The highest BCUT2D eigenvalue weighted by atomic mass is 16.4. The number of aliphatic carboxylic acids is 1. The number of nitrogens with zero attached hydrogens (tertiary/aromatic N) is 3. The van der Waals surface area contributed by atoms with Crippen LogP contribution in [-0.4, -0.2) is 25.6 Å². The number of imidazole rings is 1. The first kappa shape index (κ1) is 18.1. The number of hydrogen-bond acceptors (Lipinski definition) is 3. The summed E-state index contributed by atoms with van der Waals surface area (Å²) in [6.45, 7) is 7.89. The summed E-state index contributed by atoms with van der Waals surface area (Å²) in [6.07, 6.45) is 1.38. The van der Waals surface area contributed by atoms with Gasteiger partial charge in [-0.05, 0) is 38.3 Å². The van der Waals surface area contributed by atoms with Gasteiger partial charge in [-0.1, -0.05) is 43.2 Å². The van der Waals surface area contributed by atoms with Crippen molar-refractivity contribution in [3.05, 3.63) is 46.9 Å². The van der Waals surface area contributed by atoms with Crippen LogP contribution in [0.4, 0.5) is 0 Å². The number of benzene rings is 1. The molecule has 0 amide bonds. The first-order valence-corrected chi connectivity index (χ1v) is 8.98. The third kappa shape index (κ3) is 2.98. The molecule has 5 nitrogen and oxygen atoms in total. The Bertz CT molecular complexity index is 971. The van der Waals surface area contributed by atoms with Gasteiger partial charge in [0.2, 0.25) is 0 Å². The monoisotopic (exact) mass is 351 g/mol. The maximum Gasteiger partial charge on any atom is 0.311 e. The Kier molecular flexibility index (Phi) is 4.81. The molecule has 26 heavy (non-hydrogen) atoms. The summed E-state index contributed by atoms with van der Waals surface area (Å²) in [4.78, 5) is 21.3. The summed E-state index contributed by atoms with van der Waals surface area (Å²) in [5.41, 5.74) is 6.23. The van der Waals surface area contributed by atoms with Crippen molar-refractivity contribution >= 4 is 17.1 Å². The van der Waals surface area contributed by atoms with Crippen molar-refractivity contribution in [1.29, 1.82) is 0 Å². The molecule has 0 bridgehead atoms. The van der Waals surface area contributed by atoms with Crippen LogP contribution in [0.5, 0.6) is 0 Å². The Morgan fingerprint density at radius 1 is 1.15 bits per heavy atom. The van der Waals surface area contributed by atoms with Gasteiger partial charge in [-0.3, -0.25) is 4.79 Å². The van der Waals surface area contributed by atoms with E-state index in [0.29, 0.717) is 12.1 Å². The van der Waals surface area contributed by atoms with Crippen molar-refractivity contribution < 1.29 is 9.90 Å². The fraction of sp³-hybridized carbons (Fsp3) is 0.381. The maximum atomic E-state index is 12.1. The van der Waals surface area contributed by atoms with Gasteiger partial charge in [0.1, 0.15) is 5.82 Å². The lowest BCUT2D eigenvalue weighted by Gasteiger charge is -2.20. The van der Waals surface area contributed by atoms with Gasteiger partial charge in [0.25, 0.3) is 0 Å². The molecule has 2 aromatic heterocycles. The van der Waals surface area contributed by atoms with Crippen LogP contribution in [0.15, 0.2) is 24.3 Å². The van der Waals surface area contributed by atoms with Gasteiger partial charge in [0.05, 0.1) is 11.4 Å². The van der Waals surface area contributed by atoms with Crippen molar-refractivity contribution in [3.63, 3.8) is 0 Å².